The van der Waals surface area contributed by atoms with Gasteiger partial charge in [0.25, 0.3) is 0 Å². The van der Waals surface area contributed by atoms with E-state index in [2.05, 4.69) is 297 Å². The average Bonchev–Trinajstić information content (AvgIpc) is 3.72. The molecule has 3 nitrogen and oxygen atoms in total. The van der Waals surface area contributed by atoms with Gasteiger partial charge in [-0.2, -0.15) is 0 Å². The van der Waals surface area contributed by atoms with Gasteiger partial charge in [-0.1, -0.05) is 207 Å². The maximum Gasteiger partial charge on any atom is 0.135 e. The Morgan fingerprint density at radius 3 is 1.00 bits per heavy atom. The van der Waals surface area contributed by atoms with E-state index in [0.717, 1.165) is 128 Å². The summed E-state index contributed by atoms with van der Waals surface area (Å²) < 4.78 is 6.64. The summed E-state index contributed by atoms with van der Waals surface area (Å²) in [5, 5.41) is 3.42. The summed E-state index contributed by atoms with van der Waals surface area (Å²) in [6.45, 7) is 20.8. The second kappa shape index (κ2) is 20.7. The maximum atomic E-state index is 7.23. The predicted molar refractivity (Wildman–Crippen MR) is 355 cm³/mol. The van der Waals surface area contributed by atoms with Crippen molar-refractivity contribution in [3.63, 3.8) is 0 Å². The molecule has 0 unspecified atom stereocenters. The Morgan fingerprint density at radius 2 is 0.614 bits per heavy atom. The van der Waals surface area contributed by atoms with E-state index in [1.54, 1.807) is 0 Å². The number of anilines is 6. The zero-order valence-corrected chi connectivity index (χ0v) is 50.1. The lowest BCUT2D eigenvalue weighted by Gasteiger charge is -2.36. The number of nitrogens with zero attached hydrogens (tertiary/aromatic N) is 2. The largest absolute Gasteiger partial charge is 0.456 e. The summed E-state index contributed by atoms with van der Waals surface area (Å²) in [5.74, 6) is 0. The van der Waals surface area contributed by atoms with Gasteiger partial charge >= 0.3 is 0 Å². The Balaban J connectivity index is 1.25. The summed E-state index contributed by atoms with van der Waals surface area (Å²) in [4.78, 5) is 4.93. The number of benzene rings is 11. The van der Waals surface area contributed by atoms with Crippen molar-refractivity contribution in [3.05, 3.63) is 263 Å². The van der Waals surface area contributed by atoms with E-state index < -0.39 is 0 Å². The van der Waals surface area contributed by atoms with Gasteiger partial charge in [-0.15, -0.1) is 0 Å². The molecule has 12 aromatic rings. The van der Waals surface area contributed by atoms with Crippen LogP contribution in [0.5, 0.6) is 0 Å². The van der Waals surface area contributed by atoms with Crippen LogP contribution < -0.4 is 9.80 Å². The smallest absolute Gasteiger partial charge is 0.135 e. The van der Waals surface area contributed by atoms with Crippen molar-refractivity contribution in [1.29, 1.82) is 0 Å². The molecule has 1 aliphatic heterocycles. The minimum absolute atomic E-state index is 0.211. The summed E-state index contributed by atoms with van der Waals surface area (Å²) in [5.41, 5.74) is 23.6. The fourth-order valence-electron chi connectivity index (χ4n) is 11.9. The van der Waals surface area contributed by atoms with Gasteiger partial charge in [0.05, 0.1) is 11.4 Å². The lowest BCUT2D eigenvalue weighted by molar-refractivity contribution is 0.590. The highest BCUT2D eigenvalue weighted by atomic mass is 35.5. The van der Waals surface area contributed by atoms with Crippen LogP contribution in [-0.2, 0) is 16.2 Å². The first kappa shape index (κ1) is 53.7. The van der Waals surface area contributed by atoms with Gasteiger partial charge in [-0.05, 0) is 193 Å². The summed E-state index contributed by atoms with van der Waals surface area (Å²) in [7, 11) is 0. The fraction of sp³-hybridized carbons (Fsp3) is 0.154. The summed E-state index contributed by atoms with van der Waals surface area (Å²) in [6.07, 6.45) is 0. The zero-order chi connectivity index (χ0) is 57.5. The van der Waals surface area contributed by atoms with Crippen molar-refractivity contribution in [1.82, 2.24) is 0 Å². The lowest BCUT2D eigenvalue weighted by atomic mass is 9.81. The third-order valence-electron chi connectivity index (χ3n) is 16.5. The molecule has 5 heteroatoms. The van der Waals surface area contributed by atoms with Crippen LogP contribution >= 0.6 is 23.2 Å². The Kier molecular flexibility index (Phi) is 13.4. The van der Waals surface area contributed by atoms with Gasteiger partial charge in [0.2, 0.25) is 0 Å². The average molecular weight is 1120 g/mol. The topological polar surface area (TPSA) is 19.6 Å². The molecule has 83 heavy (non-hydrogen) atoms. The van der Waals surface area contributed by atoms with Crippen molar-refractivity contribution < 1.29 is 4.42 Å². The molecule has 11 aromatic carbocycles. The van der Waals surface area contributed by atoms with Gasteiger partial charge in [-0.3, -0.25) is 0 Å². The predicted octanol–water partition coefficient (Wildman–Crippen LogP) is 24.0. The summed E-state index contributed by atoms with van der Waals surface area (Å²) >= 11 is 14.5. The Bertz CT molecular complexity index is 4200. The molecule has 0 saturated carbocycles. The van der Waals surface area contributed by atoms with E-state index in [-0.39, 0.29) is 16.2 Å². The van der Waals surface area contributed by atoms with Crippen molar-refractivity contribution >= 4 is 79.3 Å². The van der Waals surface area contributed by atoms with Crippen LogP contribution in [0.2, 0.25) is 10.0 Å². The molecule has 0 spiro atoms. The fourth-order valence-corrected chi connectivity index (χ4v) is 12.3. The number of hydrogen-bond donors (Lipinski definition) is 0. The van der Waals surface area contributed by atoms with Gasteiger partial charge in [0.15, 0.2) is 0 Å². The Labute approximate surface area is 499 Å². The molecule has 0 aliphatic carbocycles. The van der Waals surface area contributed by atoms with E-state index in [1.165, 1.54) is 11.1 Å². The molecule has 2 heterocycles. The zero-order valence-electron chi connectivity index (χ0n) is 48.6. The minimum Gasteiger partial charge on any atom is -0.456 e. The molecule has 13 rings (SSSR count). The third-order valence-corrected chi connectivity index (χ3v) is 16.9. The first-order valence-corrected chi connectivity index (χ1v) is 29.5. The van der Waals surface area contributed by atoms with Crippen molar-refractivity contribution in [3.8, 4) is 66.8 Å². The number of furan rings is 1. The van der Waals surface area contributed by atoms with Crippen LogP contribution in [-0.4, -0.2) is 0 Å². The molecule has 1 aliphatic rings. The highest BCUT2D eigenvalue weighted by Crippen LogP contribution is 2.54. The van der Waals surface area contributed by atoms with Crippen LogP contribution in [0.4, 0.5) is 34.1 Å². The molecular formula is C78H66Cl2N2O. The van der Waals surface area contributed by atoms with Gasteiger partial charge in [0.1, 0.15) is 11.2 Å². The van der Waals surface area contributed by atoms with Crippen LogP contribution in [0.25, 0.3) is 88.7 Å². The van der Waals surface area contributed by atoms with Crippen LogP contribution in [0.3, 0.4) is 0 Å². The molecule has 408 valence electrons. The highest BCUT2D eigenvalue weighted by Gasteiger charge is 2.32. The van der Waals surface area contributed by atoms with Crippen LogP contribution in [0.15, 0.2) is 241 Å². The Hall–Kier alpha value is -8.60. The van der Waals surface area contributed by atoms with E-state index in [1.807, 2.05) is 12.1 Å². The molecule has 0 radical (unpaired) electrons. The number of rotatable bonds is 4. The quantitative estimate of drug-likeness (QED) is 0.175. The summed E-state index contributed by atoms with van der Waals surface area (Å²) in [6, 6.07) is 86.7. The second-order valence-electron chi connectivity index (χ2n) is 25.4. The first-order chi connectivity index (χ1) is 39.8. The van der Waals surface area contributed by atoms with Crippen LogP contribution in [0, 0.1) is 0 Å². The van der Waals surface area contributed by atoms with E-state index in [0.29, 0.717) is 10.0 Å². The Morgan fingerprint density at radius 1 is 0.277 bits per heavy atom. The van der Waals surface area contributed by atoms with Crippen molar-refractivity contribution in [2.45, 2.75) is 78.6 Å². The lowest BCUT2D eigenvalue weighted by Crippen LogP contribution is -2.20. The molecule has 0 saturated heterocycles. The standard InChI is InChI=1S/C78H66Cl2N2O/c1-76(2,3)57-40-64-48-65(41-57)82(63-31-19-29-61(80)47-63)75-67(50-22-14-11-15-23-50)43-59(78(7,8)9)45-69(75)56-27-17-25-52(37-56)54-33-35-73-71(39-54)70-38-53(32-34-72(70)83-73)51-24-16-26-55(36-51)68-44-58(77(4,5)6)42-66(49-20-12-10-13-21-49)74(68)81(64)62-30-18-28-60(79)46-62/h10-48H,1-9H3. The highest BCUT2D eigenvalue weighted by molar-refractivity contribution is 6.31. The molecule has 1 aromatic heterocycles. The van der Waals surface area contributed by atoms with Gasteiger partial charge < -0.3 is 14.2 Å². The normalized spacial score (nSPS) is 12.7. The molecule has 0 atom stereocenters. The maximum absolute atomic E-state index is 7.23. The molecular weight excluding hydrogens is 1050 g/mol. The number of halogens is 2. The van der Waals surface area contributed by atoms with Crippen molar-refractivity contribution in [2.24, 2.45) is 0 Å². The number of hydrogen-bond acceptors (Lipinski definition) is 3. The minimum atomic E-state index is -0.321. The first-order valence-electron chi connectivity index (χ1n) is 28.8. The molecule has 10 bridgehead atoms. The van der Waals surface area contributed by atoms with E-state index in [9.17, 15) is 0 Å². The SMILES string of the molecule is CC(C)(C)c1cc2cc(c1)N(c1cccc(Cl)c1)c1c(-c3ccccc3)cc(C(C)(C)C)cc1-c1cccc(c1)-c1ccc3oc4ccc(cc4c3c1)-c1cccc(c1)-c1cc(C(C)(C)C)cc(-c3ccccc3)c1N2c1cccc(Cl)c1. The van der Waals surface area contributed by atoms with Crippen LogP contribution in [0.1, 0.15) is 79.0 Å². The van der Waals surface area contributed by atoms with E-state index in [4.69, 9.17) is 27.6 Å². The monoisotopic (exact) mass is 1120 g/mol. The molecule has 0 fully saturated rings. The number of fused-ring (bicyclic) bond motifs is 14. The molecule has 0 amide bonds. The second-order valence-corrected chi connectivity index (χ2v) is 26.2. The van der Waals surface area contributed by atoms with Gasteiger partial charge in [0, 0.05) is 65.8 Å². The van der Waals surface area contributed by atoms with Crippen molar-refractivity contribution in [2.75, 3.05) is 9.80 Å². The van der Waals surface area contributed by atoms with Gasteiger partial charge in [-0.25, -0.2) is 0 Å². The van der Waals surface area contributed by atoms with E-state index >= 15 is 0 Å². The molecule has 0 N–H and O–H groups in total. The third kappa shape index (κ3) is 10.2.